The third-order valence-electron chi connectivity index (χ3n) is 2.80. The topological polar surface area (TPSA) is 49.8 Å². The first kappa shape index (κ1) is 16.0. The van der Waals surface area contributed by atoms with E-state index in [2.05, 4.69) is 15.9 Å². The van der Waals surface area contributed by atoms with E-state index in [-0.39, 0.29) is 19.8 Å². The van der Waals surface area contributed by atoms with Crippen LogP contribution in [-0.4, -0.2) is 29.3 Å². The first-order valence-corrected chi connectivity index (χ1v) is 8.15. The molecule has 0 unspecified atom stereocenters. The van der Waals surface area contributed by atoms with Crippen molar-refractivity contribution in [3.63, 3.8) is 0 Å². The zero-order chi connectivity index (χ0) is 15.1. The second-order valence-electron chi connectivity index (χ2n) is 4.42. The van der Waals surface area contributed by atoms with Gasteiger partial charge in [0.25, 0.3) is 0 Å². The van der Waals surface area contributed by atoms with Crippen molar-refractivity contribution >= 4 is 33.4 Å². The van der Waals surface area contributed by atoms with Crippen molar-refractivity contribution in [1.29, 1.82) is 0 Å². The van der Waals surface area contributed by atoms with Crippen LogP contribution in [0.4, 0.5) is 4.79 Å². The summed E-state index contributed by atoms with van der Waals surface area (Å²) >= 11 is 4.94. The fourth-order valence-corrected chi connectivity index (χ4v) is 3.26. The van der Waals surface area contributed by atoms with Gasteiger partial charge in [-0.3, -0.25) is 0 Å². The highest BCUT2D eigenvalue weighted by atomic mass is 79.9. The van der Waals surface area contributed by atoms with Crippen LogP contribution in [0.25, 0.3) is 0 Å². The fraction of sp³-hybridized carbons (Fsp3) is 0.267. The van der Waals surface area contributed by atoms with Crippen LogP contribution in [0, 0.1) is 0 Å². The maximum atomic E-state index is 12.1. The smallest absolute Gasteiger partial charge is 0.410 e. The van der Waals surface area contributed by atoms with Crippen LogP contribution < -0.4 is 0 Å². The molecule has 4 nitrogen and oxygen atoms in total. The number of benzene rings is 1. The van der Waals surface area contributed by atoms with E-state index >= 15 is 0 Å². The van der Waals surface area contributed by atoms with Crippen molar-refractivity contribution in [1.82, 2.24) is 4.90 Å². The van der Waals surface area contributed by atoms with Gasteiger partial charge in [-0.2, -0.15) is 0 Å². The van der Waals surface area contributed by atoms with Gasteiger partial charge in [0.1, 0.15) is 6.61 Å². The highest BCUT2D eigenvalue weighted by Crippen LogP contribution is 2.21. The molecule has 2 aromatic rings. The number of carbonyl (C=O) groups is 1. The van der Waals surface area contributed by atoms with Crippen LogP contribution in [0.15, 0.2) is 46.3 Å². The Morgan fingerprint density at radius 3 is 2.71 bits per heavy atom. The third-order valence-corrected chi connectivity index (χ3v) is 4.48. The van der Waals surface area contributed by atoms with Gasteiger partial charge in [0.15, 0.2) is 0 Å². The second kappa shape index (κ2) is 8.17. The van der Waals surface area contributed by atoms with Crippen LogP contribution in [0.2, 0.25) is 0 Å². The van der Waals surface area contributed by atoms with Crippen LogP contribution >= 0.6 is 27.3 Å². The Kier molecular flexibility index (Phi) is 6.22. The molecule has 0 saturated carbocycles. The van der Waals surface area contributed by atoms with Crippen molar-refractivity contribution < 1.29 is 14.6 Å². The lowest BCUT2D eigenvalue weighted by molar-refractivity contribution is 0.0862. The lowest BCUT2D eigenvalue weighted by Gasteiger charge is -2.20. The number of hydrogen-bond acceptors (Lipinski definition) is 4. The predicted molar refractivity (Wildman–Crippen MR) is 86.1 cm³/mol. The standard InChI is InChI=1S/C15H16BrNO3S/c16-13-8-14(21-11-13)9-17(6-7-18)15(19)20-10-12-4-2-1-3-5-12/h1-5,8,11,18H,6-7,9-10H2. The Morgan fingerprint density at radius 1 is 1.33 bits per heavy atom. The number of halogens is 1. The lowest BCUT2D eigenvalue weighted by atomic mass is 10.2. The first-order valence-electron chi connectivity index (χ1n) is 6.48. The predicted octanol–water partition coefficient (Wildman–Crippen LogP) is 3.64. The molecular weight excluding hydrogens is 354 g/mol. The Hall–Kier alpha value is -1.37. The highest BCUT2D eigenvalue weighted by Gasteiger charge is 2.16. The zero-order valence-electron chi connectivity index (χ0n) is 11.4. The molecule has 6 heteroatoms. The van der Waals surface area contributed by atoms with Crippen molar-refractivity contribution in [2.45, 2.75) is 13.2 Å². The van der Waals surface area contributed by atoms with Gasteiger partial charge in [-0.15, -0.1) is 11.3 Å². The molecule has 1 heterocycles. The Labute approximate surface area is 136 Å². The average molecular weight is 370 g/mol. The molecule has 0 saturated heterocycles. The molecule has 0 radical (unpaired) electrons. The molecule has 0 aliphatic rings. The molecule has 0 aliphatic carbocycles. The normalized spacial score (nSPS) is 10.4. The molecular formula is C15H16BrNO3S. The molecule has 1 aromatic carbocycles. The molecule has 0 spiro atoms. The van der Waals surface area contributed by atoms with Crippen LogP contribution in [0.1, 0.15) is 10.4 Å². The molecule has 0 fully saturated rings. The molecule has 0 aliphatic heterocycles. The Bertz CT molecular complexity index is 573. The van der Waals surface area contributed by atoms with Gasteiger partial charge < -0.3 is 14.7 Å². The summed E-state index contributed by atoms with van der Waals surface area (Å²) < 4.78 is 6.28. The highest BCUT2D eigenvalue weighted by molar-refractivity contribution is 9.10. The number of carbonyl (C=O) groups excluding carboxylic acids is 1. The Balaban J connectivity index is 1.92. The number of amides is 1. The molecule has 21 heavy (non-hydrogen) atoms. The van der Waals surface area contributed by atoms with Gasteiger partial charge in [0.2, 0.25) is 0 Å². The molecule has 1 amide bonds. The number of thiophene rings is 1. The maximum Gasteiger partial charge on any atom is 0.410 e. The molecule has 1 N–H and O–H groups in total. The number of nitrogens with zero attached hydrogens (tertiary/aromatic N) is 1. The minimum Gasteiger partial charge on any atom is -0.445 e. The number of ether oxygens (including phenoxy) is 1. The van der Waals surface area contributed by atoms with Crippen molar-refractivity contribution in [3.8, 4) is 0 Å². The van der Waals surface area contributed by atoms with Crippen molar-refractivity contribution in [3.05, 3.63) is 56.7 Å². The second-order valence-corrected chi connectivity index (χ2v) is 6.33. The van der Waals surface area contributed by atoms with E-state index in [9.17, 15) is 4.79 Å². The number of rotatable bonds is 6. The Morgan fingerprint density at radius 2 is 2.10 bits per heavy atom. The van der Waals surface area contributed by atoms with E-state index in [1.165, 1.54) is 4.90 Å². The maximum absolute atomic E-state index is 12.1. The summed E-state index contributed by atoms with van der Waals surface area (Å²) in [7, 11) is 0. The van der Waals surface area contributed by atoms with E-state index in [1.54, 1.807) is 11.3 Å². The largest absolute Gasteiger partial charge is 0.445 e. The summed E-state index contributed by atoms with van der Waals surface area (Å²) in [4.78, 5) is 14.6. The van der Waals surface area contributed by atoms with Crippen molar-refractivity contribution in [2.24, 2.45) is 0 Å². The minimum atomic E-state index is -0.419. The van der Waals surface area contributed by atoms with E-state index in [0.717, 1.165) is 14.9 Å². The molecule has 0 atom stereocenters. The summed E-state index contributed by atoms with van der Waals surface area (Å²) in [5, 5.41) is 11.1. The summed E-state index contributed by atoms with van der Waals surface area (Å²) in [5.74, 6) is 0. The average Bonchev–Trinajstić information content (AvgIpc) is 2.91. The first-order chi connectivity index (χ1) is 10.2. The number of aliphatic hydroxyl groups is 1. The van der Waals surface area contributed by atoms with Gasteiger partial charge in [0, 0.05) is 21.3 Å². The summed E-state index contributed by atoms with van der Waals surface area (Å²) in [6.45, 7) is 0.830. The molecule has 1 aromatic heterocycles. The van der Waals surface area contributed by atoms with Crippen LogP contribution in [0.3, 0.4) is 0 Å². The number of hydrogen-bond donors (Lipinski definition) is 1. The SMILES string of the molecule is O=C(OCc1ccccc1)N(CCO)Cc1cc(Br)cs1. The summed E-state index contributed by atoms with van der Waals surface area (Å²) in [5.41, 5.74) is 0.939. The van der Waals surface area contributed by atoms with Crippen LogP contribution in [-0.2, 0) is 17.9 Å². The molecule has 0 bridgehead atoms. The monoisotopic (exact) mass is 369 g/mol. The minimum absolute atomic E-state index is 0.0903. The van der Waals surface area contributed by atoms with E-state index in [0.29, 0.717) is 6.54 Å². The van der Waals surface area contributed by atoms with Gasteiger partial charge in [-0.1, -0.05) is 30.3 Å². The van der Waals surface area contributed by atoms with Crippen LogP contribution in [0.5, 0.6) is 0 Å². The van der Waals surface area contributed by atoms with Gasteiger partial charge in [-0.05, 0) is 27.6 Å². The van der Waals surface area contributed by atoms with Crippen molar-refractivity contribution in [2.75, 3.05) is 13.2 Å². The van der Waals surface area contributed by atoms with Gasteiger partial charge in [-0.25, -0.2) is 4.79 Å². The van der Waals surface area contributed by atoms with Gasteiger partial charge >= 0.3 is 6.09 Å². The number of aliphatic hydroxyl groups excluding tert-OH is 1. The summed E-state index contributed by atoms with van der Waals surface area (Å²) in [6.07, 6.45) is -0.419. The summed E-state index contributed by atoms with van der Waals surface area (Å²) in [6, 6.07) is 11.5. The quantitative estimate of drug-likeness (QED) is 0.845. The molecule has 2 rings (SSSR count). The van der Waals surface area contributed by atoms with E-state index in [1.807, 2.05) is 41.8 Å². The molecule has 112 valence electrons. The lowest BCUT2D eigenvalue weighted by Crippen LogP contribution is -2.33. The fourth-order valence-electron chi connectivity index (χ4n) is 1.79. The van der Waals surface area contributed by atoms with E-state index < -0.39 is 6.09 Å². The third kappa shape index (κ3) is 5.15. The van der Waals surface area contributed by atoms with Gasteiger partial charge in [0.05, 0.1) is 13.2 Å². The zero-order valence-corrected chi connectivity index (χ0v) is 13.8. The van der Waals surface area contributed by atoms with E-state index in [4.69, 9.17) is 9.84 Å².